The summed E-state index contributed by atoms with van der Waals surface area (Å²) >= 11 is 0. The molecule has 1 aliphatic carbocycles. The molecule has 142 valence electrons. The van der Waals surface area contributed by atoms with Crippen LogP contribution in [0.25, 0.3) is 0 Å². The number of alkyl halides is 3. The average Bonchev–Trinajstić information content (AvgIpc) is 2.60. The number of hydrogen-bond acceptors (Lipinski definition) is 2. The topological polar surface area (TPSA) is 56.7 Å². The van der Waals surface area contributed by atoms with Crippen LogP contribution in [0.3, 0.4) is 0 Å². The molecule has 0 aromatic heterocycles. The van der Waals surface area contributed by atoms with Gasteiger partial charge in [-0.2, -0.15) is 13.2 Å². The lowest BCUT2D eigenvalue weighted by Gasteiger charge is -2.27. The van der Waals surface area contributed by atoms with Crippen LogP contribution in [0.15, 0.2) is 29.3 Å². The van der Waals surface area contributed by atoms with Crippen molar-refractivity contribution in [1.29, 1.82) is 0 Å². The number of aliphatic imine (C=N–C) groups is 1. The van der Waals surface area contributed by atoms with E-state index in [-0.39, 0.29) is 18.7 Å². The zero-order chi connectivity index (χ0) is 19.0. The lowest BCUT2D eigenvalue weighted by Crippen LogP contribution is -2.45. The third-order valence-corrected chi connectivity index (χ3v) is 4.12. The van der Waals surface area contributed by atoms with E-state index in [0.29, 0.717) is 18.1 Å². The standard InChI is InChI=1S/C19H24F3N3O/c1-2-23-18(25-16-8-10-17(26)11-9-16)24-12-4-6-14-5-3-7-15(13-14)19(20,21)22/h3,5,7,13,16-17,26H,2,8-12H2,1H3,(H2,23,24,25). The van der Waals surface area contributed by atoms with Crippen molar-refractivity contribution >= 4 is 5.96 Å². The van der Waals surface area contributed by atoms with Gasteiger partial charge >= 0.3 is 6.18 Å². The van der Waals surface area contributed by atoms with Gasteiger partial charge in [0.2, 0.25) is 0 Å². The van der Waals surface area contributed by atoms with Crippen molar-refractivity contribution in [3.8, 4) is 11.8 Å². The van der Waals surface area contributed by atoms with Gasteiger partial charge in [0.25, 0.3) is 0 Å². The van der Waals surface area contributed by atoms with Gasteiger partial charge in [-0.1, -0.05) is 17.9 Å². The molecular formula is C19H24F3N3O. The fraction of sp³-hybridized carbons (Fsp3) is 0.526. The quantitative estimate of drug-likeness (QED) is 0.437. The van der Waals surface area contributed by atoms with Gasteiger partial charge < -0.3 is 15.7 Å². The van der Waals surface area contributed by atoms with Crippen molar-refractivity contribution in [2.24, 2.45) is 4.99 Å². The highest BCUT2D eigenvalue weighted by molar-refractivity contribution is 5.80. The number of aliphatic hydroxyl groups is 1. The van der Waals surface area contributed by atoms with Gasteiger partial charge in [0.05, 0.1) is 11.7 Å². The summed E-state index contributed by atoms with van der Waals surface area (Å²) in [5.74, 6) is 6.14. The largest absolute Gasteiger partial charge is 0.416 e. The average molecular weight is 367 g/mol. The number of nitrogens with zero attached hydrogens (tertiary/aromatic N) is 1. The van der Waals surface area contributed by atoms with Crippen molar-refractivity contribution in [1.82, 2.24) is 10.6 Å². The molecule has 2 rings (SSSR count). The zero-order valence-electron chi connectivity index (χ0n) is 14.7. The highest BCUT2D eigenvalue weighted by Crippen LogP contribution is 2.29. The molecule has 0 aliphatic heterocycles. The third kappa shape index (κ3) is 6.60. The van der Waals surface area contributed by atoms with Crippen molar-refractivity contribution in [2.45, 2.75) is 50.9 Å². The highest BCUT2D eigenvalue weighted by Gasteiger charge is 2.30. The van der Waals surface area contributed by atoms with Crippen LogP contribution in [-0.4, -0.2) is 36.3 Å². The van der Waals surface area contributed by atoms with Gasteiger partial charge in [-0.3, -0.25) is 0 Å². The lowest BCUT2D eigenvalue weighted by molar-refractivity contribution is -0.137. The summed E-state index contributed by atoms with van der Waals surface area (Å²) in [5.41, 5.74) is -0.392. The summed E-state index contributed by atoms with van der Waals surface area (Å²) in [5, 5.41) is 16.0. The first kappa shape index (κ1) is 20.1. The van der Waals surface area contributed by atoms with Crippen LogP contribution < -0.4 is 10.6 Å². The normalized spacial score (nSPS) is 20.9. The second kappa shape index (κ2) is 9.48. The van der Waals surface area contributed by atoms with Crippen molar-refractivity contribution in [3.63, 3.8) is 0 Å². The Morgan fingerprint density at radius 2 is 2.00 bits per heavy atom. The SMILES string of the molecule is CCNC(=NCC#Cc1cccc(C(F)(F)F)c1)NC1CCC(O)CC1. The molecule has 0 atom stereocenters. The minimum Gasteiger partial charge on any atom is -0.393 e. The minimum absolute atomic E-state index is 0.181. The molecule has 3 N–H and O–H groups in total. The Kier molecular flexibility index (Phi) is 7.34. The van der Waals surface area contributed by atoms with E-state index in [1.165, 1.54) is 6.07 Å². The maximum Gasteiger partial charge on any atom is 0.416 e. The summed E-state index contributed by atoms with van der Waals surface area (Å²) in [6.45, 7) is 2.83. The summed E-state index contributed by atoms with van der Waals surface area (Å²) in [7, 11) is 0. The summed E-state index contributed by atoms with van der Waals surface area (Å²) in [4.78, 5) is 4.35. The van der Waals surface area contributed by atoms with Crippen LogP contribution >= 0.6 is 0 Å². The Balaban J connectivity index is 1.95. The van der Waals surface area contributed by atoms with E-state index in [9.17, 15) is 18.3 Å². The van der Waals surface area contributed by atoms with E-state index < -0.39 is 11.7 Å². The number of halogens is 3. The van der Waals surface area contributed by atoms with E-state index in [2.05, 4.69) is 27.5 Å². The molecule has 0 amide bonds. The molecular weight excluding hydrogens is 343 g/mol. The van der Waals surface area contributed by atoms with Crippen LogP contribution in [0.1, 0.15) is 43.7 Å². The first-order valence-electron chi connectivity index (χ1n) is 8.77. The molecule has 0 radical (unpaired) electrons. The number of benzene rings is 1. The molecule has 1 aromatic carbocycles. The van der Waals surface area contributed by atoms with Crippen molar-refractivity contribution < 1.29 is 18.3 Å². The number of nitrogens with one attached hydrogen (secondary N) is 2. The second-order valence-electron chi connectivity index (χ2n) is 6.23. The molecule has 1 aromatic rings. The van der Waals surface area contributed by atoms with Crippen molar-refractivity contribution in [2.75, 3.05) is 13.1 Å². The molecule has 0 spiro atoms. The Labute approximate surface area is 151 Å². The van der Waals surface area contributed by atoms with Crippen LogP contribution in [0, 0.1) is 11.8 Å². The van der Waals surface area contributed by atoms with Gasteiger partial charge in [-0.15, -0.1) is 0 Å². The molecule has 1 aliphatic rings. The van der Waals surface area contributed by atoms with Crippen LogP contribution in [0.2, 0.25) is 0 Å². The molecule has 7 heteroatoms. The van der Waals surface area contributed by atoms with Gasteiger partial charge in [-0.05, 0) is 50.8 Å². The first-order chi connectivity index (χ1) is 12.4. The molecule has 1 fully saturated rings. The number of guanidine groups is 1. The van der Waals surface area contributed by atoms with E-state index >= 15 is 0 Å². The highest BCUT2D eigenvalue weighted by atomic mass is 19.4. The van der Waals surface area contributed by atoms with Crippen LogP contribution in [0.4, 0.5) is 13.2 Å². The smallest absolute Gasteiger partial charge is 0.393 e. The maximum absolute atomic E-state index is 12.7. The molecule has 0 bridgehead atoms. The van der Waals surface area contributed by atoms with Crippen molar-refractivity contribution in [3.05, 3.63) is 35.4 Å². The van der Waals surface area contributed by atoms with E-state index in [0.717, 1.165) is 37.8 Å². The van der Waals surface area contributed by atoms with Gasteiger partial charge in [0, 0.05) is 18.2 Å². The summed E-state index contributed by atoms with van der Waals surface area (Å²) in [6.07, 6.45) is -1.29. The molecule has 0 heterocycles. The molecule has 26 heavy (non-hydrogen) atoms. The van der Waals surface area contributed by atoms with E-state index in [4.69, 9.17) is 0 Å². The lowest BCUT2D eigenvalue weighted by atomic mass is 9.93. The summed E-state index contributed by atoms with van der Waals surface area (Å²) in [6, 6.07) is 5.21. The number of hydrogen-bond donors (Lipinski definition) is 3. The van der Waals surface area contributed by atoms with Gasteiger partial charge in [0.15, 0.2) is 5.96 Å². The monoisotopic (exact) mass is 367 g/mol. The Bertz CT molecular complexity index is 669. The molecule has 1 saturated carbocycles. The maximum atomic E-state index is 12.7. The van der Waals surface area contributed by atoms with Crippen LogP contribution in [0.5, 0.6) is 0 Å². The number of rotatable bonds is 3. The van der Waals surface area contributed by atoms with Crippen LogP contribution in [-0.2, 0) is 6.18 Å². The Morgan fingerprint density at radius 3 is 2.65 bits per heavy atom. The van der Waals surface area contributed by atoms with E-state index in [1.54, 1.807) is 6.07 Å². The predicted octanol–water partition coefficient (Wildman–Crippen LogP) is 2.92. The third-order valence-electron chi connectivity index (χ3n) is 4.12. The van der Waals surface area contributed by atoms with E-state index in [1.807, 2.05) is 6.92 Å². The minimum atomic E-state index is -4.37. The second-order valence-corrected chi connectivity index (χ2v) is 6.23. The number of aliphatic hydroxyl groups excluding tert-OH is 1. The summed E-state index contributed by atoms with van der Waals surface area (Å²) < 4.78 is 38.1. The van der Waals surface area contributed by atoms with Gasteiger partial charge in [-0.25, -0.2) is 4.99 Å². The Morgan fingerprint density at radius 1 is 1.27 bits per heavy atom. The molecule has 0 saturated heterocycles. The Hall–Kier alpha value is -2.20. The zero-order valence-corrected chi connectivity index (χ0v) is 14.7. The molecule has 0 unspecified atom stereocenters. The fourth-order valence-electron chi connectivity index (χ4n) is 2.77. The molecule has 4 nitrogen and oxygen atoms in total. The first-order valence-corrected chi connectivity index (χ1v) is 8.77. The van der Waals surface area contributed by atoms with Gasteiger partial charge in [0.1, 0.15) is 6.54 Å². The fourth-order valence-corrected chi connectivity index (χ4v) is 2.77. The predicted molar refractivity (Wildman–Crippen MR) is 95.7 cm³/mol.